The van der Waals surface area contributed by atoms with Crippen molar-refractivity contribution in [2.24, 2.45) is 0 Å². The topological polar surface area (TPSA) is 58.1 Å². The average molecular weight is 328 g/mol. The normalized spacial score (nSPS) is 26.2. The van der Waals surface area contributed by atoms with Gasteiger partial charge in [-0.05, 0) is 37.8 Å². The molecule has 1 amide bonds. The molecule has 2 bridgehead atoms. The highest BCUT2D eigenvalue weighted by atomic mass is 32.1. The fraction of sp³-hybridized carbons (Fsp3) is 0.471. The third kappa shape index (κ3) is 2.88. The number of piperidine rings is 1. The maximum Gasteiger partial charge on any atom is 0.265 e. The van der Waals surface area contributed by atoms with Crippen LogP contribution in [0.5, 0.6) is 0 Å². The Morgan fingerprint density at radius 2 is 2.04 bits per heavy atom. The van der Waals surface area contributed by atoms with Gasteiger partial charge in [0, 0.05) is 31.4 Å². The number of hydrogen-bond acceptors (Lipinski definition) is 5. The second kappa shape index (κ2) is 6.02. The molecule has 6 heteroatoms. The van der Waals surface area contributed by atoms with Crippen molar-refractivity contribution in [1.82, 2.24) is 20.2 Å². The summed E-state index contributed by atoms with van der Waals surface area (Å²) in [5, 5.41) is 4.42. The highest BCUT2D eigenvalue weighted by molar-refractivity contribution is 7.16. The number of nitrogens with one attached hydrogen (secondary N) is 1. The van der Waals surface area contributed by atoms with Crippen molar-refractivity contribution in [3.05, 3.63) is 35.5 Å². The zero-order valence-corrected chi connectivity index (χ0v) is 13.9. The summed E-state index contributed by atoms with van der Waals surface area (Å²) >= 11 is 1.42. The molecule has 2 aliphatic heterocycles. The van der Waals surface area contributed by atoms with Crippen LogP contribution in [0.1, 0.15) is 35.4 Å². The molecular formula is C17H20N4OS. The van der Waals surface area contributed by atoms with Gasteiger partial charge in [0.2, 0.25) is 0 Å². The lowest BCUT2D eigenvalue weighted by Gasteiger charge is -2.35. The summed E-state index contributed by atoms with van der Waals surface area (Å²) in [6.45, 7) is 0. The average Bonchev–Trinajstić information content (AvgIpc) is 3.21. The monoisotopic (exact) mass is 328 g/mol. The van der Waals surface area contributed by atoms with Crippen molar-refractivity contribution in [3.8, 4) is 10.7 Å². The Bertz CT molecular complexity index is 690. The minimum atomic E-state index is 0.0796. The Balaban J connectivity index is 1.49. The molecule has 2 saturated heterocycles. The molecule has 4 rings (SSSR count). The van der Waals surface area contributed by atoms with Gasteiger partial charge in [-0.3, -0.25) is 9.78 Å². The predicted octanol–water partition coefficient (Wildman–Crippen LogP) is 2.56. The molecule has 120 valence electrons. The molecule has 0 aromatic carbocycles. The fourth-order valence-electron chi connectivity index (χ4n) is 3.66. The van der Waals surface area contributed by atoms with Crippen LogP contribution in [0.2, 0.25) is 0 Å². The van der Waals surface area contributed by atoms with Gasteiger partial charge in [-0.2, -0.15) is 0 Å². The lowest BCUT2D eigenvalue weighted by Crippen LogP contribution is -2.48. The lowest BCUT2D eigenvalue weighted by atomic mass is 9.98. The van der Waals surface area contributed by atoms with Crippen molar-refractivity contribution >= 4 is 17.2 Å². The molecule has 23 heavy (non-hydrogen) atoms. The predicted molar refractivity (Wildman–Crippen MR) is 90.4 cm³/mol. The van der Waals surface area contributed by atoms with Crippen molar-refractivity contribution in [2.75, 3.05) is 7.05 Å². The maximum atomic E-state index is 12.8. The highest BCUT2D eigenvalue weighted by Gasteiger charge is 2.36. The van der Waals surface area contributed by atoms with Gasteiger partial charge in [0.25, 0.3) is 5.91 Å². The Morgan fingerprint density at radius 3 is 2.74 bits per heavy atom. The van der Waals surface area contributed by atoms with Crippen molar-refractivity contribution < 1.29 is 4.79 Å². The third-order valence-corrected chi connectivity index (χ3v) is 5.92. The fourth-order valence-corrected chi connectivity index (χ4v) is 4.54. The number of thiazole rings is 1. The van der Waals surface area contributed by atoms with E-state index >= 15 is 0 Å². The van der Waals surface area contributed by atoms with Gasteiger partial charge < -0.3 is 10.2 Å². The quantitative estimate of drug-likeness (QED) is 0.941. The van der Waals surface area contributed by atoms with Gasteiger partial charge in [0.15, 0.2) is 0 Å². The Kier molecular flexibility index (Phi) is 3.87. The molecule has 4 heterocycles. The van der Waals surface area contributed by atoms with Crippen LogP contribution in [-0.2, 0) is 0 Å². The summed E-state index contributed by atoms with van der Waals surface area (Å²) in [7, 11) is 1.93. The summed E-state index contributed by atoms with van der Waals surface area (Å²) in [6, 6.07) is 7.23. The summed E-state index contributed by atoms with van der Waals surface area (Å²) < 4.78 is 0. The number of pyridine rings is 1. The molecule has 1 N–H and O–H groups in total. The van der Waals surface area contributed by atoms with Crippen LogP contribution in [0.15, 0.2) is 30.6 Å². The number of nitrogens with zero attached hydrogens (tertiary/aromatic N) is 3. The van der Waals surface area contributed by atoms with Gasteiger partial charge in [0.1, 0.15) is 9.88 Å². The Labute approximate surface area is 139 Å². The molecule has 0 spiro atoms. The van der Waals surface area contributed by atoms with E-state index in [0.717, 1.165) is 23.5 Å². The van der Waals surface area contributed by atoms with Crippen molar-refractivity contribution in [1.29, 1.82) is 0 Å². The molecule has 0 saturated carbocycles. The first kappa shape index (κ1) is 14.8. The van der Waals surface area contributed by atoms with E-state index in [9.17, 15) is 4.79 Å². The number of carbonyl (C=O) groups is 1. The van der Waals surface area contributed by atoms with E-state index in [4.69, 9.17) is 0 Å². The third-order valence-electron chi connectivity index (χ3n) is 4.92. The molecule has 2 atom stereocenters. The van der Waals surface area contributed by atoms with Gasteiger partial charge in [0.05, 0.1) is 11.9 Å². The smallest absolute Gasteiger partial charge is 0.265 e. The van der Waals surface area contributed by atoms with Crippen LogP contribution < -0.4 is 5.32 Å². The summed E-state index contributed by atoms with van der Waals surface area (Å²) in [5.74, 6) is 0.0796. The molecular weight excluding hydrogens is 308 g/mol. The summed E-state index contributed by atoms with van der Waals surface area (Å²) in [6.07, 6.45) is 8.04. The van der Waals surface area contributed by atoms with Crippen molar-refractivity contribution in [2.45, 2.75) is 43.8 Å². The first-order valence-electron chi connectivity index (χ1n) is 8.11. The minimum absolute atomic E-state index is 0.0796. The van der Waals surface area contributed by atoms with Crippen LogP contribution in [-0.4, -0.2) is 45.9 Å². The van der Waals surface area contributed by atoms with Crippen LogP contribution in [0.3, 0.4) is 0 Å². The largest absolute Gasteiger partial charge is 0.338 e. The lowest BCUT2D eigenvalue weighted by molar-refractivity contribution is 0.0686. The standard InChI is InChI=1S/C17H20N4OS/c1-21(13-8-11-5-6-12(9-13)20-11)17(22)15-10-19-16(23-15)14-4-2-3-7-18-14/h2-4,7,10-13,20H,5-6,8-9H2,1H3. The van der Waals surface area contributed by atoms with E-state index in [1.54, 1.807) is 12.4 Å². The number of aromatic nitrogens is 2. The van der Waals surface area contributed by atoms with Gasteiger partial charge in [-0.15, -0.1) is 11.3 Å². The first-order chi connectivity index (χ1) is 11.2. The summed E-state index contributed by atoms with van der Waals surface area (Å²) in [4.78, 5) is 24.1. The summed E-state index contributed by atoms with van der Waals surface area (Å²) in [5.41, 5.74) is 0.819. The Hall–Kier alpha value is -1.79. The molecule has 2 unspecified atom stereocenters. The molecule has 0 radical (unpaired) electrons. The molecule has 2 aromatic heterocycles. The zero-order valence-electron chi connectivity index (χ0n) is 13.1. The SMILES string of the molecule is CN(C(=O)c1cnc(-c2ccccn2)s1)C1CC2CCC(C1)N2. The van der Waals surface area contributed by atoms with E-state index in [1.165, 1.54) is 24.2 Å². The maximum absolute atomic E-state index is 12.8. The van der Waals surface area contributed by atoms with E-state index in [-0.39, 0.29) is 5.91 Å². The van der Waals surface area contributed by atoms with Gasteiger partial charge >= 0.3 is 0 Å². The van der Waals surface area contributed by atoms with E-state index in [1.807, 2.05) is 30.1 Å². The molecule has 2 aliphatic rings. The molecule has 2 fully saturated rings. The second-order valence-electron chi connectivity index (χ2n) is 6.42. The van der Waals surface area contributed by atoms with Crippen LogP contribution in [0, 0.1) is 0 Å². The van der Waals surface area contributed by atoms with E-state index < -0.39 is 0 Å². The second-order valence-corrected chi connectivity index (χ2v) is 7.45. The highest BCUT2D eigenvalue weighted by Crippen LogP contribution is 2.31. The number of hydrogen-bond donors (Lipinski definition) is 1. The van der Waals surface area contributed by atoms with Gasteiger partial charge in [-0.25, -0.2) is 4.98 Å². The van der Waals surface area contributed by atoms with E-state index in [2.05, 4.69) is 15.3 Å². The molecule has 0 aliphatic carbocycles. The number of rotatable bonds is 3. The minimum Gasteiger partial charge on any atom is -0.338 e. The Morgan fingerprint density at radius 1 is 1.26 bits per heavy atom. The molecule has 5 nitrogen and oxygen atoms in total. The number of fused-ring (bicyclic) bond motifs is 2. The number of amides is 1. The van der Waals surface area contributed by atoms with Crippen LogP contribution in [0.4, 0.5) is 0 Å². The number of carbonyl (C=O) groups excluding carboxylic acids is 1. The van der Waals surface area contributed by atoms with Crippen LogP contribution >= 0.6 is 11.3 Å². The van der Waals surface area contributed by atoms with Crippen molar-refractivity contribution in [3.63, 3.8) is 0 Å². The van der Waals surface area contributed by atoms with Crippen LogP contribution in [0.25, 0.3) is 10.7 Å². The van der Waals surface area contributed by atoms with E-state index in [0.29, 0.717) is 23.0 Å². The first-order valence-corrected chi connectivity index (χ1v) is 8.93. The van der Waals surface area contributed by atoms with Gasteiger partial charge in [-0.1, -0.05) is 6.07 Å². The zero-order chi connectivity index (χ0) is 15.8. The molecule has 2 aromatic rings.